The van der Waals surface area contributed by atoms with Gasteiger partial charge in [0.05, 0.1) is 11.6 Å². The first kappa shape index (κ1) is 5.27. The van der Waals surface area contributed by atoms with Gasteiger partial charge in [0.25, 0.3) is 0 Å². The van der Waals surface area contributed by atoms with Crippen molar-refractivity contribution in [3.63, 3.8) is 0 Å². The molecule has 1 aliphatic rings. The van der Waals surface area contributed by atoms with E-state index in [0.717, 1.165) is 6.42 Å². The van der Waals surface area contributed by atoms with Gasteiger partial charge in [-0.05, 0) is 6.92 Å². The fourth-order valence-electron chi connectivity index (χ4n) is 0.650. The van der Waals surface area contributed by atoms with Crippen molar-refractivity contribution in [3.8, 4) is 0 Å². The molecule has 0 nitrogen and oxygen atoms in total. The maximum Gasteiger partial charge on any atom is 0.106 e. The minimum Gasteiger partial charge on any atom is -0.0495 e. The number of allylic oxidation sites excluding steroid dienone is 6. The van der Waals surface area contributed by atoms with Gasteiger partial charge in [-0.2, -0.15) is 0 Å². The van der Waals surface area contributed by atoms with Crippen LogP contribution in [0.3, 0.4) is 0 Å². The fraction of sp³-hybridized carbons (Fsp3) is 0.250. The molecule has 0 radical (unpaired) electrons. The van der Waals surface area contributed by atoms with Crippen molar-refractivity contribution in [2.75, 3.05) is 0 Å². The molecule has 1 aliphatic carbocycles. The molecule has 0 spiro atoms. The van der Waals surface area contributed by atoms with Crippen molar-refractivity contribution in [1.82, 2.24) is 0 Å². The molecule has 1 rings (SSSR count). The Labute approximate surface area is 50.2 Å². The molecule has 0 saturated carbocycles. The Morgan fingerprint density at radius 3 is 2.88 bits per heavy atom. The maximum atomic E-state index is 3.01. The van der Waals surface area contributed by atoms with Crippen molar-refractivity contribution in [2.45, 2.75) is 13.3 Å². The molecule has 40 valence electrons. The second kappa shape index (κ2) is 2.44. The first-order valence-corrected chi connectivity index (χ1v) is 2.88. The van der Waals surface area contributed by atoms with Crippen LogP contribution in [0.5, 0.6) is 0 Å². The van der Waals surface area contributed by atoms with E-state index in [1.807, 2.05) is 18.2 Å². The zero-order valence-corrected chi connectivity index (χ0v) is 5.02. The summed E-state index contributed by atoms with van der Waals surface area (Å²) in [6.45, 7) is 2.14. The quantitative estimate of drug-likeness (QED) is 0.449. The Bertz CT molecular complexity index is 147. The molecule has 0 aromatic carbocycles. The SMILES string of the molecule is CCC1=CC=C[C+]=C1. The normalized spacial score (nSPS) is 15.4. The average Bonchev–Trinajstić information content (AvgIpc) is 1.90. The highest BCUT2D eigenvalue weighted by atomic mass is 13.9. The van der Waals surface area contributed by atoms with Gasteiger partial charge in [0.2, 0.25) is 0 Å². The molecule has 0 bridgehead atoms. The monoisotopic (exact) mass is 105 g/mol. The van der Waals surface area contributed by atoms with Gasteiger partial charge in [-0.3, -0.25) is 0 Å². The highest BCUT2D eigenvalue weighted by Gasteiger charge is 1.96. The largest absolute Gasteiger partial charge is 0.106 e. The number of rotatable bonds is 1. The first-order chi connectivity index (χ1) is 3.93. The predicted octanol–water partition coefficient (Wildman–Crippen LogP) is 2.25. The van der Waals surface area contributed by atoms with E-state index in [1.165, 1.54) is 5.57 Å². The minimum absolute atomic E-state index is 1.11. The zero-order valence-electron chi connectivity index (χ0n) is 5.02. The Kier molecular flexibility index (Phi) is 1.61. The summed E-state index contributed by atoms with van der Waals surface area (Å²) < 4.78 is 0. The van der Waals surface area contributed by atoms with Crippen LogP contribution < -0.4 is 0 Å². The van der Waals surface area contributed by atoms with Crippen LogP contribution in [0.15, 0.2) is 29.9 Å². The summed E-state index contributed by atoms with van der Waals surface area (Å²) >= 11 is 0. The van der Waals surface area contributed by atoms with E-state index in [0.29, 0.717) is 0 Å². The van der Waals surface area contributed by atoms with Gasteiger partial charge < -0.3 is 0 Å². The van der Waals surface area contributed by atoms with Crippen LogP contribution in [0.1, 0.15) is 13.3 Å². The predicted molar refractivity (Wildman–Crippen MR) is 35.3 cm³/mol. The van der Waals surface area contributed by atoms with Crippen LogP contribution in [0, 0.1) is 6.08 Å². The Morgan fingerprint density at radius 2 is 2.50 bits per heavy atom. The van der Waals surface area contributed by atoms with E-state index in [9.17, 15) is 0 Å². The molecule has 0 aromatic rings. The highest BCUT2D eigenvalue weighted by Crippen LogP contribution is 2.05. The van der Waals surface area contributed by atoms with Gasteiger partial charge >= 0.3 is 0 Å². The van der Waals surface area contributed by atoms with Gasteiger partial charge in [-0.25, -0.2) is 0 Å². The van der Waals surface area contributed by atoms with Crippen molar-refractivity contribution < 1.29 is 0 Å². The molecule has 0 unspecified atom stereocenters. The van der Waals surface area contributed by atoms with E-state index in [2.05, 4.69) is 19.1 Å². The van der Waals surface area contributed by atoms with Gasteiger partial charge in [0.15, 0.2) is 0 Å². The molecular weight excluding hydrogens is 96.1 g/mol. The molecule has 0 heteroatoms. The smallest absolute Gasteiger partial charge is 0.0495 e. The van der Waals surface area contributed by atoms with Crippen LogP contribution in [0.4, 0.5) is 0 Å². The molecule has 0 fully saturated rings. The summed E-state index contributed by atoms with van der Waals surface area (Å²) in [5.41, 5.74) is 1.35. The van der Waals surface area contributed by atoms with E-state index >= 15 is 0 Å². The van der Waals surface area contributed by atoms with Crippen LogP contribution in [0.2, 0.25) is 0 Å². The fourth-order valence-corrected chi connectivity index (χ4v) is 0.650. The van der Waals surface area contributed by atoms with Crippen molar-refractivity contribution in [3.05, 3.63) is 36.0 Å². The van der Waals surface area contributed by atoms with Crippen LogP contribution in [-0.2, 0) is 0 Å². The lowest BCUT2D eigenvalue weighted by Crippen LogP contribution is -1.75. The molecule has 8 heavy (non-hydrogen) atoms. The van der Waals surface area contributed by atoms with Gasteiger partial charge in [-0.15, -0.1) is 0 Å². The summed E-state index contributed by atoms with van der Waals surface area (Å²) in [6.07, 6.45) is 12.2. The molecule has 0 N–H and O–H groups in total. The third-order valence-electron chi connectivity index (χ3n) is 1.18. The second-order valence-corrected chi connectivity index (χ2v) is 1.77. The van der Waals surface area contributed by atoms with Crippen LogP contribution in [-0.4, -0.2) is 0 Å². The van der Waals surface area contributed by atoms with Gasteiger partial charge in [0, 0.05) is 18.6 Å². The second-order valence-electron chi connectivity index (χ2n) is 1.77. The van der Waals surface area contributed by atoms with Gasteiger partial charge in [0.1, 0.15) is 12.2 Å². The zero-order chi connectivity index (χ0) is 5.82. The standard InChI is InChI=1S/C8H9/c1-2-8-6-4-3-5-7-8/h3-4,6-7H,2H2,1H3/q+1. The van der Waals surface area contributed by atoms with Crippen LogP contribution >= 0.6 is 0 Å². The highest BCUT2D eigenvalue weighted by molar-refractivity contribution is 5.28. The minimum atomic E-state index is 1.11. The first-order valence-electron chi connectivity index (χ1n) is 2.88. The van der Waals surface area contributed by atoms with E-state index in [1.54, 1.807) is 0 Å². The third kappa shape index (κ3) is 1.05. The lowest BCUT2D eigenvalue weighted by Gasteiger charge is -1.84. The maximum absolute atomic E-state index is 3.01. The van der Waals surface area contributed by atoms with E-state index in [4.69, 9.17) is 0 Å². The van der Waals surface area contributed by atoms with E-state index in [-0.39, 0.29) is 0 Å². The average molecular weight is 105 g/mol. The van der Waals surface area contributed by atoms with Crippen LogP contribution in [0.25, 0.3) is 0 Å². The topological polar surface area (TPSA) is 0 Å². The third-order valence-corrected chi connectivity index (χ3v) is 1.18. The molecule has 0 aliphatic heterocycles. The molecule has 0 heterocycles. The number of hydrogen-bond acceptors (Lipinski definition) is 0. The summed E-state index contributed by atoms with van der Waals surface area (Å²) in [5, 5.41) is 0. The summed E-state index contributed by atoms with van der Waals surface area (Å²) in [4.78, 5) is 0. The molecule has 0 aromatic heterocycles. The van der Waals surface area contributed by atoms with Crippen molar-refractivity contribution in [2.24, 2.45) is 0 Å². The lowest BCUT2D eigenvalue weighted by atomic mass is 10.1. The summed E-state index contributed by atoms with van der Waals surface area (Å²) in [7, 11) is 0. The Hall–Kier alpha value is -0.870. The van der Waals surface area contributed by atoms with Crippen molar-refractivity contribution >= 4 is 0 Å². The molecule has 0 amide bonds. The van der Waals surface area contributed by atoms with E-state index < -0.39 is 0 Å². The van der Waals surface area contributed by atoms with Gasteiger partial charge in [-0.1, -0.05) is 0 Å². The molecule has 0 saturated heterocycles. The molecule has 0 atom stereocenters. The summed E-state index contributed by atoms with van der Waals surface area (Å²) in [6, 6.07) is 0. The van der Waals surface area contributed by atoms with Crippen molar-refractivity contribution in [1.29, 1.82) is 0 Å². The summed E-state index contributed by atoms with van der Waals surface area (Å²) in [5.74, 6) is 0. The Balaban J connectivity index is 2.68. The Morgan fingerprint density at radius 1 is 1.62 bits per heavy atom. The lowest BCUT2D eigenvalue weighted by molar-refractivity contribution is 1.14. The molecular formula is C8H9+. The number of hydrogen-bond donors (Lipinski definition) is 0.